The van der Waals surface area contributed by atoms with E-state index in [1.54, 1.807) is 0 Å². The van der Waals surface area contributed by atoms with Gasteiger partial charge in [0.15, 0.2) is 0 Å². The Morgan fingerprint density at radius 1 is 0.848 bits per heavy atom. The summed E-state index contributed by atoms with van der Waals surface area (Å²) in [7, 11) is 0. The second kappa shape index (κ2) is 9.73. The minimum Gasteiger partial charge on any atom is -0.341 e. The second-order valence-electron chi connectivity index (χ2n) is 8.69. The number of aromatic amines is 2. The number of imidazole rings is 2. The summed E-state index contributed by atoms with van der Waals surface area (Å²) in [5.41, 5.74) is 6.82. The standard InChI is InChI=1S/C27H32N6/c1-3-22(28-4-2)26-30-16-24(32-26)20-11-7-18(8-12-20)19-9-13-21(14-10-19)25-17-31-27(33-25)23-6-5-15-29-23/h7-14,16-17,22-23,28-29H,3-6,15H2,1-2H3,(H,30,32)(H,31,33)/t22-,23-/m0/s1. The molecule has 170 valence electrons. The van der Waals surface area contributed by atoms with E-state index in [9.17, 15) is 0 Å². The lowest BCUT2D eigenvalue weighted by molar-refractivity contribution is 0.515. The summed E-state index contributed by atoms with van der Waals surface area (Å²) in [6.07, 6.45) is 7.24. The van der Waals surface area contributed by atoms with E-state index in [4.69, 9.17) is 0 Å². The Morgan fingerprint density at radius 2 is 1.45 bits per heavy atom. The number of benzene rings is 2. The van der Waals surface area contributed by atoms with Crippen LogP contribution in [0.15, 0.2) is 60.9 Å². The Hall–Kier alpha value is -3.22. The molecule has 1 saturated heterocycles. The molecule has 6 nitrogen and oxygen atoms in total. The molecule has 1 aliphatic rings. The first-order valence-electron chi connectivity index (χ1n) is 12.0. The summed E-state index contributed by atoms with van der Waals surface area (Å²) in [6.45, 7) is 6.30. The number of aromatic nitrogens is 4. The van der Waals surface area contributed by atoms with Gasteiger partial charge in [0.05, 0.1) is 35.9 Å². The van der Waals surface area contributed by atoms with Crippen molar-refractivity contribution in [1.29, 1.82) is 0 Å². The normalized spacial score (nSPS) is 16.8. The molecule has 1 aliphatic heterocycles. The highest BCUT2D eigenvalue weighted by molar-refractivity contribution is 5.71. The van der Waals surface area contributed by atoms with Crippen molar-refractivity contribution in [3.05, 3.63) is 72.6 Å². The predicted octanol–water partition coefficient (Wildman–Crippen LogP) is 5.62. The summed E-state index contributed by atoms with van der Waals surface area (Å²) in [6, 6.07) is 18.0. The Morgan fingerprint density at radius 3 is 2.03 bits per heavy atom. The van der Waals surface area contributed by atoms with E-state index < -0.39 is 0 Å². The molecular weight excluding hydrogens is 408 g/mol. The number of H-pyrrole nitrogens is 2. The quantitative estimate of drug-likeness (QED) is 0.287. The van der Waals surface area contributed by atoms with Gasteiger partial charge >= 0.3 is 0 Å². The highest BCUT2D eigenvalue weighted by Crippen LogP contribution is 2.28. The zero-order chi connectivity index (χ0) is 22.6. The predicted molar refractivity (Wildman–Crippen MR) is 134 cm³/mol. The van der Waals surface area contributed by atoms with Crippen molar-refractivity contribution in [2.75, 3.05) is 13.1 Å². The molecule has 2 aromatic heterocycles. The molecule has 2 atom stereocenters. The van der Waals surface area contributed by atoms with E-state index in [0.29, 0.717) is 6.04 Å². The van der Waals surface area contributed by atoms with E-state index in [0.717, 1.165) is 60.1 Å². The fraction of sp³-hybridized carbons (Fsp3) is 0.333. The maximum Gasteiger partial charge on any atom is 0.123 e. The number of nitrogens with one attached hydrogen (secondary N) is 4. The highest BCUT2D eigenvalue weighted by Gasteiger charge is 2.19. The van der Waals surface area contributed by atoms with Crippen molar-refractivity contribution in [1.82, 2.24) is 30.6 Å². The molecule has 0 aliphatic carbocycles. The molecule has 6 heteroatoms. The fourth-order valence-electron chi connectivity index (χ4n) is 4.60. The third kappa shape index (κ3) is 4.63. The molecular formula is C27H32N6. The lowest BCUT2D eigenvalue weighted by atomic mass is 10.0. The highest BCUT2D eigenvalue weighted by atomic mass is 15.0. The molecule has 2 aromatic carbocycles. The van der Waals surface area contributed by atoms with Crippen molar-refractivity contribution in [2.45, 2.75) is 45.2 Å². The van der Waals surface area contributed by atoms with Gasteiger partial charge in [-0.15, -0.1) is 0 Å². The van der Waals surface area contributed by atoms with Crippen LogP contribution in [0.5, 0.6) is 0 Å². The zero-order valence-electron chi connectivity index (χ0n) is 19.4. The molecule has 4 aromatic rings. The van der Waals surface area contributed by atoms with Crippen LogP contribution in [-0.2, 0) is 0 Å². The van der Waals surface area contributed by atoms with Gasteiger partial charge in [0.25, 0.3) is 0 Å². The van der Waals surface area contributed by atoms with Gasteiger partial charge in [-0.25, -0.2) is 9.97 Å². The van der Waals surface area contributed by atoms with Crippen LogP contribution in [0.1, 0.15) is 56.8 Å². The average molecular weight is 441 g/mol. The largest absolute Gasteiger partial charge is 0.341 e. The van der Waals surface area contributed by atoms with Crippen molar-refractivity contribution in [3.63, 3.8) is 0 Å². The summed E-state index contributed by atoms with van der Waals surface area (Å²) in [5.74, 6) is 2.04. The monoisotopic (exact) mass is 440 g/mol. The van der Waals surface area contributed by atoms with Gasteiger partial charge in [-0.3, -0.25) is 0 Å². The van der Waals surface area contributed by atoms with Crippen molar-refractivity contribution in [3.8, 4) is 33.6 Å². The third-order valence-corrected chi connectivity index (χ3v) is 6.50. The van der Waals surface area contributed by atoms with Gasteiger partial charge < -0.3 is 20.6 Å². The van der Waals surface area contributed by atoms with Crippen LogP contribution >= 0.6 is 0 Å². The van der Waals surface area contributed by atoms with Crippen LogP contribution in [0.25, 0.3) is 33.6 Å². The topological polar surface area (TPSA) is 81.4 Å². The van der Waals surface area contributed by atoms with Gasteiger partial charge in [0, 0.05) is 0 Å². The summed E-state index contributed by atoms with van der Waals surface area (Å²) in [4.78, 5) is 16.2. The first-order chi connectivity index (χ1) is 16.2. The smallest absolute Gasteiger partial charge is 0.123 e. The van der Waals surface area contributed by atoms with Gasteiger partial charge in [-0.05, 0) is 54.6 Å². The minimum absolute atomic E-state index is 0.266. The molecule has 3 heterocycles. The first kappa shape index (κ1) is 21.6. The number of nitrogens with zero attached hydrogens (tertiary/aromatic N) is 2. The second-order valence-corrected chi connectivity index (χ2v) is 8.69. The van der Waals surface area contributed by atoms with Crippen LogP contribution in [0.4, 0.5) is 0 Å². The van der Waals surface area contributed by atoms with Crippen LogP contribution in [0, 0.1) is 0 Å². The molecule has 0 radical (unpaired) electrons. The third-order valence-electron chi connectivity index (χ3n) is 6.50. The van der Waals surface area contributed by atoms with Gasteiger partial charge in [-0.2, -0.15) is 0 Å². The minimum atomic E-state index is 0.266. The summed E-state index contributed by atoms with van der Waals surface area (Å²) in [5, 5.41) is 6.97. The lowest BCUT2D eigenvalue weighted by Gasteiger charge is -2.12. The van der Waals surface area contributed by atoms with Crippen LogP contribution in [-0.4, -0.2) is 33.0 Å². The van der Waals surface area contributed by atoms with E-state index in [-0.39, 0.29) is 6.04 Å². The SMILES string of the molecule is CCN[C@@H](CC)c1ncc(-c2ccc(-c3ccc(-c4cnc([C@@H]5CCCN5)[nH]4)cc3)cc2)[nH]1. The Bertz CT molecular complexity index is 1170. The summed E-state index contributed by atoms with van der Waals surface area (Å²) < 4.78 is 0. The maximum atomic E-state index is 4.60. The molecule has 4 N–H and O–H groups in total. The number of hydrogen-bond donors (Lipinski definition) is 4. The molecule has 0 saturated carbocycles. The Labute approximate surface area is 195 Å². The molecule has 5 rings (SSSR count). The first-order valence-corrected chi connectivity index (χ1v) is 12.0. The Kier molecular flexibility index (Phi) is 6.37. The number of rotatable bonds is 8. The maximum absolute atomic E-state index is 4.60. The zero-order valence-corrected chi connectivity index (χ0v) is 19.4. The van der Waals surface area contributed by atoms with E-state index in [2.05, 4.69) is 92.9 Å². The van der Waals surface area contributed by atoms with Crippen LogP contribution in [0.2, 0.25) is 0 Å². The van der Waals surface area contributed by atoms with Gasteiger partial charge in [0.1, 0.15) is 11.6 Å². The van der Waals surface area contributed by atoms with Crippen molar-refractivity contribution < 1.29 is 0 Å². The molecule has 33 heavy (non-hydrogen) atoms. The van der Waals surface area contributed by atoms with Gasteiger partial charge in [0.2, 0.25) is 0 Å². The average Bonchev–Trinajstić information content (AvgIpc) is 3.64. The van der Waals surface area contributed by atoms with Crippen molar-refractivity contribution >= 4 is 0 Å². The molecule has 0 amide bonds. The molecule has 0 unspecified atom stereocenters. The van der Waals surface area contributed by atoms with Crippen molar-refractivity contribution in [2.24, 2.45) is 0 Å². The van der Waals surface area contributed by atoms with E-state index >= 15 is 0 Å². The summed E-state index contributed by atoms with van der Waals surface area (Å²) >= 11 is 0. The van der Waals surface area contributed by atoms with Crippen LogP contribution < -0.4 is 10.6 Å². The fourth-order valence-corrected chi connectivity index (χ4v) is 4.60. The molecule has 0 bridgehead atoms. The van der Waals surface area contributed by atoms with Crippen LogP contribution in [0.3, 0.4) is 0 Å². The Balaban J connectivity index is 1.29. The van der Waals surface area contributed by atoms with Gasteiger partial charge in [-0.1, -0.05) is 62.4 Å². The molecule has 1 fully saturated rings. The lowest BCUT2D eigenvalue weighted by Crippen LogP contribution is -2.21. The van der Waals surface area contributed by atoms with E-state index in [1.807, 2.05) is 12.4 Å². The molecule has 0 spiro atoms. The number of hydrogen-bond acceptors (Lipinski definition) is 4. The van der Waals surface area contributed by atoms with E-state index in [1.165, 1.54) is 17.5 Å².